The molecule has 4 nitrogen and oxygen atoms in total. The summed E-state index contributed by atoms with van der Waals surface area (Å²) < 4.78 is 5.25. The van der Waals surface area contributed by atoms with Gasteiger partial charge in [0.25, 0.3) is 0 Å². The smallest absolute Gasteiger partial charge is 0.224 e. The summed E-state index contributed by atoms with van der Waals surface area (Å²) in [5.74, 6) is 1.39. The van der Waals surface area contributed by atoms with Crippen molar-refractivity contribution in [2.75, 3.05) is 26.7 Å². The molecule has 0 radical (unpaired) electrons. The predicted molar refractivity (Wildman–Crippen MR) is 92.2 cm³/mol. The fourth-order valence-corrected chi connectivity index (χ4v) is 2.90. The van der Waals surface area contributed by atoms with Crippen molar-refractivity contribution in [3.8, 4) is 5.75 Å². The molecule has 1 aliphatic rings. The van der Waals surface area contributed by atoms with E-state index in [1.54, 1.807) is 25.3 Å². The maximum Gasteiger partial charge on any atom is 0.224 e. The second-order valence-corrected chi connectivity index (χ2v) is 5.92. The number of amides is 1. The van der Waals surface area contributed by atoms with Crippen LogP contribution in [0.2, 0.25) is 5.02 Å². The van der Waals surface area contributed by atoms with Gasteiger partial charge < -0.3 is 15.4 Å². The molecule has 1 amide bonds. The molecule has 2 rings (SSSR count). The molecule has 22 heavy (non-hydrogen) atoms. The van der Waals surface area contributed by atoms with Gasteiger partial charge in [-0.05, 0) is 56.5 Å². The quantitative estimate of drug-likeness (QED) is 0.832. The minimum atomic E-state index is 0. The van der Waals surface area contributed by atoms with E-state index in [4.69, 9.17) is 16.3 Å². The van der Waals surface area contributed by atoms with Crippen molar-refractivity contribution in [1.29, 1.82) is 0 Å². The van der Waals surface area contributed by atoms with Crippen molar-refractivity contribution in [2.45, 2.75) is 25.7 Å². The molecule has 124 valence electrons. The Morgan fingerprint density at radius 1 is 1.50 bits per heavy atom. The number of benzene rings is 1. The first kappa shape index (κ1) is 19.1. The molecular weight excluding hydrogens is 323 g/mol. The van der Waals surface area contributed by atoms with Crippen LogP contribution in [-0.4, -0.2) is 32.7 Å². The average Bonchev–Trinajstić information content (AvgIpc) is 2.48. The average molecular weight is 347 g/mol. The minimum Gasteiger partial charge on any atom is -0.496 e. The van der Waals surface area contributed by atoms with Gasteiger partial charge in [-0.3, -0.25) is 4.79 Å². The molecule has 6 heteroatoms. The zero-order valence-electron chi connectivity index (χ0n) is 12.9. The zero-order chi connectivity index (χ0) is 15.1. The van der Waals surface area contributed by atoms with Gasteiger partial charge in [0.15, 0.2) is 0 Å². The number of methoxy groups -OCH3 is 1. The largest absolute Gasteiger partial charge is 0.496 e. The highest BCUT2D eigenvalue weighted by atomic mass is 35.5. The van der Waals surface area contributed by atoms with Crippen LogP contribution in [0.4, 0.5) is 0 Å². The summed E-state index contributed by atoms with van der Waals surface area (Å²) in [6.45, 7) is 2.92. The van der Waals surface area contributed by atoms with Gasteiger partial charge >= 0.3 is 0 Å². The van der Waals surface area contributed by atoms with Crippen LogP contribution in [0.25, 0.3) is 0 Å². The first-order chi connectivity index (χ1) is 10.2. The molecule has 1 heterocycles. The Bertz CT molecular complexity index is 477. The summed E-state index contributed by atoms with van der Waals surface area (Å²) in [7, 11) is 1.60. The van der Waals surface area contributed by atoms with Crippen LogP contribution in [0.1, 0.15) is 24.8 Å². The van der Waals surface area contributed by atoms with Gasteiger partial charge in [-0.1, -0.05) is 11.6 Å². The van der Waals surface area contributed by atoms with Gasteiger partial charge in [0, 0.05) is 17.1 Å². The standard InChI is InChI=1S/C16H23ClN2O2.ClH/c1-21-15-5-4-14(17)9-13(15)10-16(20)19-8-6-12-3-2-7-18-11-12;/h4-5,9,12,18H,2-3,6-8,10-11H2,1H3,(H,19,20);1H. The first-order valence-electron chi connectivity index (χ1n) is 7.49. The predicted octanol–water partition coefficient (Wildman–Crippen LogP) is 2.82. The van der Waals surface area contributed by atoms with E-state index in [0.717, 1.165) is 31.6 Å². The maximum atomic E-state index is 12.0. The second kappa shape index (κ2) is 9.93. The lowest BCUT2D eigenvalue weighted by Crippen LogP contribution is -2.33. The number of carbonyl (C=O) groups excluding carboxylic acids is 1. The second-order valence-electron chi connectivity index (χ2n) is 5.48. The minimum absolute atomic E-state index is 0. The zero-order valence-corrected chi connectivity index (χ0v) is 14.4. The number of halogens is 2. The van der Waals surface area contributed by atoms with Crippen LogP contribution in [0.3, 0.4) is 0 Å². The molecule has 0 aromatic heterocycles. The fraction of sp³-hybridized carbons (Fsp3) is 0.562. The number of hydrogen-bond donors (Lipinski definition) is 2. The molecule has 0 spiro atoms. The highest BCUT2D eigenvalue weighted by molar-refractivity contribution is 6.30. The number of ether oxygens (including phenoxy) is 1. The molecule has 1 aliphatic heterocycles. The topological polar surface area (TPSA) is 50.4 Å². The Morgan fingerprint density at radius 2 is 2.32 bits per heavy atom. The van der Waals surface area contributed by atoms with Crippen LogP contribution >= 0.6 is 24.0 Å². The Hall–Kier alpha value is -0.970. The van der Waals surface area contributed by atoms with Crippen LogP contribution < -0.4 is 15.4 Å². The highest BCUT2D eigenvalue weighted by Gasteiger charge is 2.13. The Kier molecular flexibility index (Phi) is 8.61. The van der Waals surface area contributed by atoms with Gasteiger partial charge in [0.05, 0.1) is 13.5 Å². The number of hydrogen-bond acceptors (Lipinski definition) is 3. The Balaban J connectivity index is 0.00000242. The van der Waals surface area contributed by atoms with Crippen molar-refractivity contribution in [2.24, 2.45) is 5.92 Å². The van der Waals surface area contributed by atoms with Gasteiger partial charge in [-0.25, -0.2) is 0 Å². The van der Waals surface area contributed by atoms with E-state index >= 15 is 0 Å². The van der Waals surface area contributed by atoms with Crippen LogP contribution in [0, 0.1) is 5.92 Å². The Labute approximate surface area is 143 Å². The van der Waals surface area contributed by atoms with Crippen molar-refractivity contribution < 1.29 is 9.53 Å². The van der Waals surface area contributed by atoms with E-state index < -0.39 is 0 Å². The first-order valence-corrected chi connectivity index (χ1v) is 7.86. The fourth-order valence-electron chi connectivity index (χ4n) is 2.71. The number of rotatable bonds is 6. The molecule has 1 aromatic rings. The monoisotopic (exact) mass is 346 g/mol. The van der Waals surface area contributed by atoms with Gasteiger partial charge in [0.2, 0.25) is 5.91 Å². The van der Waals surface area contributed by atoms with E-state index in [2.05, 4.69) is 10.6 Å². The van der Waals surface area contributed by atoms with Crippen molar-refractivity contribution in [3.05, 3.63) is 28.8 Å². The van der Waals surface area contributed by atoms with Crippen molar-refractivity contribution >= 4 is 29.9 Å². The lowest BCUT2D eigenvalue weighted by molar-refractivity contribution is -0.120. The van der Waals surface area contributed by atoms with E-state index in [1.807, 2.05) is 0 Å². The molecule has 1 aromatic carbocycles. The summed E-state index contributed by atoms with van der Waals surface area (Å²) in [4.78, 5) is 12.0. The SMILES string of the molecule is COc1ccc(Cl)cc1CC(=O)NCCC1CCCNC1.Cl. The summed E-state index contributed by atoms with van der Waals surface area (Å²) in [5, 5.41) is 6.99. The third kappa shape index (κ3) is 6.03. The molecular formula is C16H24Cl2N2O2. The number of nitrogens with one attached hydrogen (secondary N) is 2. The highest BCUT2D eigenvalue weighted by Crippen LogP contribution is 2.23. The van der Waals surface area contributed by atoms with E-state index in [-0.39, 0.29) is 18.3 Å². The third-order valence-electron chi connectivity index (χ3n) is 3.87. The molecule has 1 fully saturated rings. The third-order valence-corrected chi connectivity index (χ3v) is 4.10. The van der Waals surface area contributed by atoms with Gasteiger partial charge in [0.1, 0.15) is 5.75 Å². The van der Waals surface area contributed by atoms with Crippen molar-refractivity contribution in [1.82, 2.24) is 10.6 Å². The van der Waals surface area contributed by atoms with E-state index in [0.29, 0.717) is 23.1 Å². The summed E-state index contributed by atoms with van der Waals surface area (Å²) in [6.07, 6.45) is 3.82. The number of carbonyl (C=O) groups is 1. The summed E-state index contributed by atoms with van der Waals surface area (Å²) in [5.41, 5.74) is 0.821. The normalized spacial score (nSPS) is 17.5. The summed E-state index contributed by atoms with van der Waals surface area (Å²) in [6, 6.07) is 5.33. The van der Waals surface area contributed by atoms with E-state index in [1.165, 1.54) is 12.8 Å². The molecule has 2 N–H and O–H groups in total. The van der Waals surface area contributed by atoms with E-state index in [9.17, 15) is 4.79 Å². The molecule has 1 unspecified atom stereocenters. The molecule has 0 bridgehead atoms. The molecule has 1 atom stereocenters. The maximum absolute atomic E-state index is 12.0. The van der Waals surface area contributed by atoms with Crippen molar-refractivity contribution in [3.63, 3.8) is 0 Å². The van der Waals surface area contributed by atoms with Gasteiger partial charge in [-0.2, -0.15) is 0 Å². The summed E-state index contributed by atoms with van der Waals surface area (Å²) >= 11 is 5.97. The van der Waals surface area contributed by atoms with Gasteiger partial charge in [-0.15, -0.1) is 12.4 Å². The molecule has 0 saturated carbocycles. The number of piperidine rings is 1. The molecule has 0 aliphatic carbocycles. The lowest BCUT2D eigenvalue weighted by atomic mass is 9.96. The van der Waals surface area contributed by atoms with Crippen LogP contribution in [0.15, 0.2) is 18.2 Å². The van der Waals surface area contributed by atoms with Crippen LogP contribution in [0.5, 0.6) is 5.75 Å². The van der Waals surface area contributed by atoms with Crippen LogP contribution in [-0.2, 0) is 11.2 Å². The molecule has 1 saturated heterocycles. The Morgan fingerprint density at radius 3 is 3.00 bits per heavy atom. The lowest BCUT2D eigenvalue weighted by Gasteiger charge is -2.22.